The van der Waals surface area contributed by atoms with Crippen LogP contribution in [0.5, 0.6) is 5.88 Å². The van der Waals surface area contributed by atoms with Crippen LogP contribution in [0.1, 0.15) is 26.0 Å². The molecule has 0 radical (unpaired) electrons. The van der Waals surface area contributed by atoms with Crippen molar-refractivity contribution in [2.24, 2.45) is 0 Å². The normalized spacial score (nSPS) is 12.4. The van der Waals surface area contributed by atoms with Crippen LogP contribution in [0.2, 0.25) is 0 Å². The zero-order valence-electron chi connectivity index (χ0n) is 11.5. The smallest absolute Gasteiger partial charge is 0.232 e. The number of nitrogens with zero attached hydrogens (tertiary/aromatic N) is 2. The molecule has 0 aliphatic heterocycles. The van der Waals surface area contributed by atoms with Gasteiger partial charge in [0.05, 0.1) is 25.1 Å². The maximum atomic E-state index is 5.47. The second kappa shape index (κ2) is 8.83. The first-order valence-electron chi connectivity index (χ1n) is 6.46. The van der Waals surface area contributed by atoms with Crippen molar-refractivity contribution in [3.63, 3.8) is 0 Å². The van der Waals surface area contributed by atoms with E-state index in [1.165, 1.54) is 0 Å². The molecule has 5 heteroatoms. The number of nitrogens with one attached hydrogen (secondary N) is 1. The summed E-state index contributed by atoms with van der Waals surface area (Å²) in [5.74, 6) is 0.599. The van der Waals surface area contributed by atoms with Gasteiger partial charge >= 0.3 is 0 Å². The fourth-order valence-electron chi connectivity index (χ4n) is 1.69. The van der Waals surface area contributed by atoms with Gasteiger partial charge in [-0.3, -0.25) is 4.98 Å². The van der Waals surface area contributed by atoms with E-state index in [2.05, 4.69) is 29.1 Å². The Morgan fingerprint density at radius 1 is 1.33 bits per heavy atom. The highest BCUT2D eigenvalue weighted by atomic mass is 16.5. The van der Waals surface area contributed by atoms with Crippen molar-refractivity contribution >= 4 is 0 Å². The summed E-state index contributed by atoms with van der Waals surface area (Å²) in [7, 11) is 1.71. The number of aromatic nitrogens is 2. The van der Waals surface area contributed by atoms with Crippen LogP contribution in [-0.2, 0) is 11.2 Å². The maximum Gasteiger partial charge on any atom is 0.232 e. The zero-order chi connectivity index (χ0) is 13.2. The van der Waals surface area contributed by atoms with Crippen molar-refractivity contribution in [3.8, 4) is 5.88 Å². The molecular formula is C13H23N3O2. The summed E-state index contributed by atoms with van der Waals surface area (Å²) >= 11 is 0. The molecule has 0 spiro atoms. The molecule has 0 saturated heterocycles. The Labute approximate surface area is 109 Å². The van der Waals surface area contributed by atoms with E-state index in [1.54, 1.807) is 19.5 Å². The summed E-state index contributed by atoms with van der Waals surface area (Å²) in [5, 5.41) is 3.36. The van der Waals surface area contributed by atoms with Crippen LogP contribution < -0.4 is 10.1 Å². The standard InChI is InChI=1S/C13H23N3O2/c1-4-6-18-13-9-14-8-11(16-13)7-12(10-17-3)15-5-2/h8-9,12,15H,4-7,10H2,1-3H3. The number of hydrogen-bond acceptors (Lipinski definition) is 5. The van der Waals surface area contributed by atoms with Gasteiger partial charge in [0.15, 0.2) is 0 Å². The van der Waals surface area contributed by atoms with Gasteiger partial charge in [0.2, 0.25) is 5.88 Å². The van der Waals surface area contributed by atoms with Crippen molar-refractivity contribution in [2.75, 3.05) is 26.9 Å². The third kappa shape index (κ3) is 5.42. The molecule has 0 aliphatic carbocycles. The minimum Gasteiger partial charge on any atom is -0.477 e. The van der Waals surface area contributed by atoms with E-state index in [-0.39, 0.29) is 6.04 Å². The van der Waals surface area contributed by atoms with Gasteiger partial charge in [-0.05, 0) is 13.0 Å². The number of methoxy groups -OCH3 is 1. The molecule has 18 heavy (non-hydrogen) atoms. The van der Waals surface area contributed by atoms with Crippen LogP contribution in [0.3, 0.4) is 0 Å². The van der Waals surface area contributed by atoms with Crippen molar-refractivity contribution in [3.05, 3.63) is 18.1 Å². The zero-order valence-corrected chi connectivity index (χ0v) is 11.5. The molecular weight excluding hydrogens is 230 g/mol. The van der Waals surface area contributed by atoms with Crippen LogP contribution in [0.4, 0.5) is 0 Å². The third-order valence-corrected chi connectivity index (χ3v) is 2.43. The van der Waals surface area contributed by atoms with Gasteiger partial charge in [-0.25, -0.2) is 4.98 Å². The van der Waals surface area contributed by atoms with Crippen LogP contribution in [-0.4, -0.2) is 42.9 Å². The van der Waals surface area contributed by atoms with E-state index in [0.29, 0.717) is 19.1 Å². The fourth-order valence-corrected chi connectivity index (χ4v) is 1.69. The predicted molar refractivity (Wildman–Crippen MR) is 70.9 cm³/mol. The molecule has 1 heterocycles. The van der Waals surface area contributed by atoms with Crippen molar-refractivity contribution < 1.29 is 9.47 Å². The van der Waals surface area contributed by atoms with Gasteiger partial charge in [-0.2, -0.15) is 0 Å². The molecule has 1 atom stereocenters. The lowest BCUT2D eigenvalue weighted by atomic mass is 10.2. The van der Waals surface area contributed by atoms with E-state index in [4.69, 9.17) is 9.47 Å². The van der Waals surface area contributed by atoms with Crippen LogP contribution >= 0.6 is 0 Å². The molecule has 0 fully saturated rings. The van der Waals surface area contributed by atoms with E-state index < -0.39 is 0 Å². The highest BCUT2D eigenvalue weighted by Gasteiger charge is 2.10. The van der Waals surface area contributed by atoms with Crippen LogP contribution in [0.15, 0.2) is 12.4 Å². The maximum absolute atomic E-state index is 5.47. The van der Waals surface area contributed by atoms with Crippen molar-refractivity contribution in [1.29, 1.82) is 0 Å². The van der Waals surface area contributed by atoms with Crippen molar-refractivity contribution in [2.45, 2.75) is 32.7 Å². The second-order valence-corrected chi connectivity index (χ2v) is 4.11. The summed E-state index contributed by atoms with van der Waals surface area (Å²) in [4.78, 5) is 8.59. The van der Waals surface area contributed by atoms with E-state index >= 15 is 0 Å². The van der Waals surface area contributed by atoms with Gasteiger partial charge in [-0.15, -0.1) is 0 Å². The Bertz CT molecular complexity index is 328. The Morgan fingerprint density at radius 3 is 2.83 bits per heavy atom. The molecule has 1 N–H and O–H groups in total. The van der Waals surface area contributed by atoms with Gasteiger partial charge in [0.25, 0.3) is 0 Å². The first kappa shape index (κ1) is 14.9. The van der Waals surface area contributed by atoms with E-state index in [9.17, 15) is 0 Å². The largest absolute Gasteiger partial charge is 0.477 e. The number of ether oxygens (including phenoxy) is 2. The lowest BCUT2D eigenvalue weighted by Crippen LogP contribution is -2.35. The van der Waals surface area contributed by atoms with Crippen molar-refractivity contribution in [1.82, 2.24) is 15.3 Å². The molecule has 1 aromatic heterocycles. The molecule has 1 aromatic rings. The van der Waals surface area contributed by atoms with Crippen LogP contribution in [0, 0.1) is 0 Å². The molecule has 0 amide bonds. The Hall–Kier alpha value is -1.20. The first-order chi connectivity index (χ1) is 8.80. The third-order valence-electron chi connectivity index (χ3n) is 2.43. The number of rotatable bonds is 9. The van der Waals surface area contributed by atoms with Gasteiger partial charge < -0.3 is 14.8 Å². The first-order valence-corrected chi connectivity index (χ1v) is 6.46. The summed E-state index contributed by atoms with van der Waals surface area (Å²) in [6, 6.07) is 0.260. The van der Waals surface area contributed by atoms with E-state index in [1.807, 2.05) is 0 Å². The second-order valence-electron chi connectivity index (χ2n) is 4.11. The SMILES string of the molecule is CCCOc1cncc(CC(COC)NCC)n1. The summed E-state index contributed by atoms with van der Waals surface area (Å²) in [6.45, 7) is 6.39. The summed E-state index contributed by atoms with van der Waals surface area (Å²) in [5.41, 5.74) is 0.923. The lowest BCUT2D eigenvalue weighted by molar-refractivity contribution is 0.166. The highest BCUT2D eigenvalue weighted by molar-refractivity contribution is 5.09. The number of hydrogen-bond donors (Lipinski definition) is 1. The predicted octanol–water partition coefficient (Wildman–Crippen LogP) is 1.43. The minimum absolute atomic E-state index is 0.260. The molecule has 0 aliphatic rings. The Morgan fingerprint density at radius 2 is 2.17 bits per heavy atom. The fraction of sp³-hybridized carbons (Fsp3) is 0.692. The van der Waals surface area contributed by atoms with Crippen LogP contribution in [0.25, 0.3) is 0 Å². The summed E-state index contributed by atoms with van der Waals surface area (Å²) in [6.07, 6.45) is 5.18. The lowest BCUT2D eigenvalue weighted by Gasteiger charge is -2.16. The highest BCUT2D eigenvalue weighted by Crippen LogP contribution is 2.07. The average molecular weight is 253 g/mol. The molecule has 5 nitrogen and oxygen atoms in total. The molecule has 0 saturated carbocycles. The molecule has 0 bridgehead atoms. The minimum atomic E-state index is 0.260. The van der Waals surface area contributed by atoms with Gasteiger partial charge in [0.1, 0.15) is 0 Å². The van der Waals surface area contributed by atoms with Gasteiger partial charge in [-0.1, -0.05) is 13.8 Å². The van der Waals surface area contributed by atoms with E-state index in [0.717, 1.165) is 25.1 Å². The molecule has 1 rings (SSSR count). The average Bonchev–Trinajstić information content (AvgIpc) is 2.37. The Balaban J connectivity index is 2.58. The molecule has 102 valence electrons. The van der Waals surface area contributed by atoms with Gasteiger partial charge in [0, 0.05) is 25.8 Å². The quantitative estimate of drug-likeness (QED) is 0.721. The number of likely N-dealkylation sites (N-methyl/N-ethyl adjacent to an activating group) is 1. The monoisotopic (exact) mass is 253 g/mol. The molecule has 1 unspecified atom stereocenters. The topological polar surface area (TPSA) is 56.3 Å². The Kier molecular flexibility index (Phi) is 7.29. The molecule has 0 aromatic carbocycles. The summed E-state index contributed by atoms with van der Waals surface area (Å²) < 4.78 is 10.7.